The first-order valence-corrected chi connectivity index (χ1v) is 7.30. The van der Waals surface area contributed by atoms with Gasteiger partial charge in [-0.2, -0.15) is 5.10 Å². The number of methoxy groups -OCH3 is 1. The van der Waals surface area contributed by atoms with Crippen molar-refractivity contribution in [1.29, 1.82) is 0 Å². The fraction of sp³-hybridized carbons (Fsp3) is 0.400. The van der Waals surface area contributed by atoms with E-state index in [4.69, 9.17) is 4.74 Å². The van der Waals surface area contributed by atoms with Gasteiger partial charge in [-0.05, 0) is 31.5 Å². The van der Waals surface area contributed by atoms with E-state index >= 15 is 0 Å². The average Bonchev–Trinajstić information content (AvgIpc) is 3.05. The molecular weight excluding hydrogens is 301 g/mol. The van der Waals surface area contributed by atoms with Crippen LogP contribution < -0.4 is 15.4 Å². The molecule has 2 N–H and O–H groups in total. The van der Waals surface area contributed by atoms with Crippen LogP contribution in [0.4, 0.5) is 9.18 Å². The minimum Gasteiger partial charge on any atom is -0.496 e. The van der Waals surface area contributed by atoms with Crippen LogP contribution in [0.2, 0.25) is 0 Å². The molecule has 2 amide bonds. The molecule has 0 aliphatic rings. The molecule has 1 heterocycles. The lowest BCUT2D eigenvalue weighted by Gasteiger charge is -2.17. The zero-order valence-corrected chi connectivity index (χ0v) is 13.1. The molecule has 2 aromatic rings. The molecule has 1 atom stereocenters. The smallest absolute Gasteiger partial charge is 0.315 e. The summed E-state index contributed by atoms with van der Waals surface area (Å²) >= 11 is 0. The van der Waals surface area contributed by atoms with E-state index in [0.717, 1.165) is 6.42 Å². The summed E-state index contributed by atoms with van der Waals surface area (Å²) in [7, 11) is 1.51. The number of carbonyl (C=O) groups is 1. The van der Waals surface area contributed by atoms with Gasteiger partial charge >= 0.3 is 6.03 Å². The van der Waals surface area contributed by atoms with Crippen molar-refractivity contribution in [2.45, 2.75) is 25.9 Å². The average molecular weight is 321 g/mol. The molecular formula is C15H20FN5O2. The lowest BCUT2D eigenvalue weighted by Crippen LogP contribution is -2.37. The van der Waals surface area contributed by atoms with Gasteiger partial charge in [-0.1, -0.05) is 0 Å². The molecule has 2 rings (SSSR count). The molecule has 0 aliphatic carbocycles. The first-order valence-electron chi connectivity index (χ1n) is 7.30. The predicted octanol–water partition coefficient (Wildman–Crippen LogP) is 1.88. The number of aryl methyl sites for hydroxylation is 1. The third kappa shape index (κ3) is 4.94. The van der Waals surface area contributed by atoms with Gasteiger partial charge in [-0.3, -0.25) is 4.68 Å². The summed E-state index contributed by atoms with van der Waals surface area (Å²) in [5, 5.41) is 9.49. The van der Waals surface area contributed by atoms with Crippen LogP contribution >= 0.6 is 0 Å². The number of nitrogens with zero attached hydrogens (tertiary/aromatic N) is 3. The number of urea groups is 1. The second kappa shape index (κ2) is 8.11. The maximum atomic E-state index is 13.4. The van der Waals surface area contributed by atoms with Crippen LogP contribution in [-0.2, 0) is 6.54 Å². The molecule has 124 valence electrons. The molecule has 0 saturated carbocycles. The van der Waals surface area contributed by atoms with Crippen molar-refractivity contribution in [3.63, 3.8) is 0 Å². The van der Waals surface area contributed by atoms with Gasteiger partial charge in [0, 0.05) is 18.7 Å². The monoisotopic (exact) mass is 321 g/mol. The number of carbonyl (C=O) groups excluding carboxylic acids is 1. The zero-order chi connectivity index (χ0) is 16.7. The molecule has 0 spiro atoms. The number of hydrogen-bond acceptors (Lipinski definition) is 4. The summed E-state index contributed by atoms with van der Waals surface area (Å²) in [6.07, 6.45) is 3.82. The van der Waals surface area contributed by atoms with Gasteiger partial charge in [0.25, 0.3) is 0 Å². The van der Waals surface area contributed by atoms with Gasteiger partial charge in [0.2, 0.25) is 0 Å². The molecule has 0 unspecified atom stereocenters. The Morgan fingerprint density at radius 3 is 3.00 bits per heavy atom. The van der Waals surface area contributed by atoms with Crippen molar-refractivity contribution in [3.05, 3.63) is 42.2 Å². The number of halogens is 1. The molecule has 0 aliphatic heterocycles. The van der Waals surface area contributed by atoms with E-state index < -0.39 is 0 Å². The van der Waals surface area contributed by atoms with E-state index in [1.54, 1.807) is 24.0 Å². The van der Waals surface area contributed by atoms with Crippen molar-refractivity contribution >= 4 is 6.03 Å². The van der Waals surface area contributed by atoms with Gasteiger partial charge in [-0.25, -0.2) is 14.2 Å². The van der Waals surface area contributed by atoms with Crippen LogP contribution in [0.25, 0.3) is 0 Å². The highest BCUT2D eigenvalue weighted by atomic mass is 19.1. The van der Waals surface area contributed by atoms with E-state index in [9.17, 15) is 9.18 Å². The van der Waals surface area contributed by atoms with E-state index in [1.807, 2.05) is 0 Å². The van der Waals surface area contributed by atoms with Crippen LogP contribution in [0, 0.1) is 5.82 Å². The van der Waals surface area contributed by atoms with E-state index in [1.165, 1.54) is 25.6 Å². The fourth-order valence-electron chi connectivity index (χ4n) is 2.16. The van der Waals surface area contributed by atoms with Crippen molar-refractivity contribution in [2.75, 3.05) is 13.7 Å². The maximum absolute atomic E-state index is 13.4. The van der Waals surface area contributed by atoms with Crippen molar-refractivity contribution in [2.24, 2.45) is 0 Å². The standard InChI is InChI=1S/C15H20FN5O2/c1-11(13-8-12(16)4-5-14(13)23-2)20-15(22)18-6-3-7-21-10-17-9-19-21/h4-5,8-11H,3,6-7H2,1-2H3,(H2,18,20,22)/t11-/m1/s1. The quantitative estimate of drug-likeness (QED) is 0.763. The molecule has 8 heteroatoms. The summed E-state index contributed by atoms with van der Waals surface area (Å²) in [6, 6.07) is 3.52. The minimum absolute atomic E-state index is 0.317. The summed E-state index contributed by atoms with van der Waals surface area (Å²) < 4.78 is 20.3. The highest BCUT2D eigenvalue weighted by Crippen LogP contribution is 2.25. The van der Waals surface area contributed by atoms with Gasteiger partial charge < -0.3 is 15.4 Å². The first kappa shape index (κ1) is 16.7. The molecule has 7 nitrogen and oxygen atoms in total. The molecule has 0 radical (unpaired) electrons. The number of amides is 2. The number of rotatable bonds is 7. The van der Waals surface area contributed by atoms with E-state index in [0.29, 0.717) is 24.4 Å². The molecule has 1 aromatic carbocycles. The Bertz CT molecular complexity index is 633. The molecule has 1 aromatic heterocycles. The minimum atomic E-state index is -0.379. The molecule has 0 saturated heterocycles. The summed E-state index contributed by atoms with van der Waals surface area (Å²) in [5.74, 6) is 0.160. The number of aromatic nitrogens is 3. The Balaban J connectivity index is 1.79. The van der Waals surface area contributed by atoms with Crippen LogP contribution in [0.1, 0.15) is 24.9 Å². The Morgan fingerprint density at radius 2 is 2.30 bits per heavy atom. The van der Waals surface area contributed by atoms with Crippen LogP contribution in [0.15, 0.2) is 30.9 Å². The highest BCUT2D eigenvalue weighted by molar-refractivity contribution is 5.74. The third-order valence-corrected chi connectivity index (χ3v) is 3.32. The SMILES string of the molecule is COc1ccc(F)cc1[C@@H](C)NC(=O)NCCCn1cncn1. The Hall–Kier alpha value is -2.64. The molecule has 23 heavy (non-hydrogen) atoms. The number of hydrogen-bond donors (Lipinski definition) is 2. The van der Waals surface area contributed by atoms with Crippen molar-refractivity contribution in [3.8, 4) is 5.75 Å². The second-order valence-electron chi connectivity index (χ2n) is 5.02. The highest BCUT2D eigenvalue weighted by Gasteiger charge is 2.14. The summed E-state index contributed by atoms with van der Waals surface area (Å²) in [4.78, 5) is 15.7. The Labute approximate surface area is 133 Å². The zero-order valence-electron chi connectivity index (χ0n) is 13.1. The summed E-state index contributed by atoms with van der Waals surface area (Å²) in [5.41, 5.74) is 0.588. The van der Waals surface area contributed by atoms with Crippen molar-refractivity contribution in [1.82, 2.24) is 25.4 Å². The molecule has 0 bridgehead atoms. The van der Waals surface area contributed by atoms with E-state index in [2.05, 4.69) is 20.7 Å². The number of benzene rings is 1. The largest absolute Gasteiger partial charge is 0.496 e. The van der Waals surface area contributed by atoms with E-state index in [-0.39, 0.29) is 17.9 Å². The van der Waals surface area contributed by atoms with Gasteiger partial charge in [0.15, 0.2) is 0 Å². The topological polar surface area (TPSA) is 81.1 Å². The number of ether oxygens (including phenoxy) is 1. The predicted molar refractivity (Wildman–Crippen MR) is 82.5 cm³/mol. The van der Waals surface area contributed by atoms with Gasteiger partial charge in [0.1, 0.15) is 24.2 Å². The number of nitrogens with one attached hydrogen (secondary N) is 2. The van der Waals surface area contributed by atoms with Gasteiger partial charge in [0.05, 0.1) is 13.2 Å². The fourth-order valence-corrected chi connectivity index (χ4v) is 2.16. The van der Waals surface area contributed by atoms with Crippen molar-refractivity contribution < 1.29 is 13.9 Å². The molecule has 0 fully saturated rings. The Morgan fingerprint density at radius 1 is 1.48 bits per heavy atom. The Kier molecular flexibility index (Phi) is 5.90. The van der Waals surface area contributed by atoms with Gasteiger partial charge in [-0.15, -0.1) is 0 Å². The normalized spacial score (nSPS) is 11.8. The lowest BCUT2D eigenvalue weighted by molar-refractivity contribution is 0.237. The maximum Gasteiger partial charge on any atom is 0.315 e. The van der Waals surface area contributed by atoms with Crippen LogP contribution in [-0.4, -0.2) is 34.5 Å². The second-order valence-corrected chi connectivity index (χ2v) is 5.02. The first-order chi connectivity index (χ1) is 11.1. The summed E-state index contributed by atoms with van der Waals surface area (Å²) in [6.45, 7) is 2.94. The third-order valence-electron chi connectivity index (χ3n) is 3.32. The van der Waals surface area contributed by atoms with Crippen LogP contribution in [0.3, 0.4) is 0 Å². The lowest BCUT2D eigenvalue weighted by atomic mass is 10.1. The van der Waals surface area contributed by atoms with Crippen LogP contribution in [0.5, 0.6) is 5.75 Å².